The zero-order valence-electron chi connectivity index (χ0n) is 9.32. The van der Waals surface area contributed by atoms with Gasteiger partial charge in [0.1, 0.15) is 11.0 Å². The van der Waals surface area contributed by atoms with Gasteiger partial charge in [0.15, 0.2) is 0 Å². The van der Waals surface area contributed by atoms with Gasteiger partial charge in [-0.15, -0.1) is 0 Å². The van der Waals surface area contributed by atoms with E-state index in [1.807, 2.05) is 12.1 Å². The van der Waals surface area contributed by atoms with E-state index < -0.39 is 11.0 Å². The molecular weight excluding hydrogens is 220 g/mol. The molecule has 1 unspecified atom stereocenters. The van der Waals surface area contributed by atoms with Gasteiger partial charge in [0.2, 0.25) is 0 Å². The van der Waals surface area contributed by atoms with E-state index in [9.17, 15) is 4.21 Å². The van der Waals surface area contributed by atoms with Crippen LogP contribution in [0.1, 0.15) is 32.1 Å². The molecule has 4 heteroatoms. The minimum atomic E-state index is -1.09. The fourth-order valence-corrected chi connectivity index (χ4v) is 3.09. The lowest BCUT2D eigenvalue weighted by atomic mass is 9.96. The molecule has 3 nitrogen and oxygen atoms in total. The third-order valence-corrected chi connectivity index (χ3v) is 4.22. The van der Waals surface area contributed by atoms with Gasteiger partial charge in [-0.25, -0.2) is 8.93 Å². The van der Waals surface area contributed by atoms with Crippen molar-refractivity contribution in [2.75, 3.05) is 5.73 Å². The molecule has 1 atom stereocenters. The van der Waals surface area contributed by atoms with Gasteiger partial charge in [-0.2, -0.15) is 0 Å². The molecule has 1 aromatic rings. The van der Waals surface area contributed by atoms with Crippen molar-refractivity contribution in [1.29, 1.82) is 0 Å². The molecule has 1 fully saturated rings. The summed E-state index contributed by atoms with van der Waals surface area (Å²) < 4.78 is 15.2. The highest BCUT2D eigenvalue weighted by Gasteiger charge is 2.15. The van der Waals surface area contributed by atoms with Gasteiger partial charge in [0.05, 0.1) is 4.90 Å². The summed E-state index contributed by atoms with van der Waals surface area (Å²) in [6.07, 6.45) is 6.08. The van der Waals surface area contributed by atoms with E-state index in [1.165, 1.54) is 19.3 Å². The summed E-state index contributed by atoms with van der Waals surface area (Å²) in [7, 11) is -1.09. The number of hydrogen-bond acceptors (Lipinski definition) is 2. The number of benzene rings is 1. The molecule has 1 aliphatic carbocycles. The molecule has 0 radical (unpaired) electrons. The predicted molar refractivity (Wildman–Crippen MR) is 67.3 cm³/mol. The molecule has 0 bridgehead atoms. The van der Waals surface area contributed by atoms with E-state index in [0.29, 0.717) is 11.7 Å². The number of hydrogen-bond donors (Lipinski definition) is 2. The lowest BCUT2D eigenvalue weighted by Gasteiger charge is -2.22. The number of anilines is 1. The molecule has 0 aromatic heterocycles. The van der Waals surface area contributed by atoms with Gasteiger partial charge in [-0.05, 0) is 37.1 Å². The molecule has 88 valence electrons. The molecule has 3 N–H and O–H groups in total. The first-order chi connectivity index (χ1) is 7.75. The van der Waals surface area contributed by atoms with Crippen molar-refractivity contribution in [2.45, 2.75) is 43.0 Å². The first-order valence-electron chi connectivity index (χ1n) is 5.79. The highest BCUT2D eigenvalue weighted by atomic mass is 32.2. The summed E-state index contributed by atoms with van der Waals surface area (Å²) >= 11 is 0. The van der Waals surface area contributed by atoms with Crippen LogP contribution in [0.25, 0.3) is 0 Å². The van der Waals surface area contributed by atoms with Crippen molar-refractivity contribution in [3.63, 3.8) is 0 Å². The smallest absolute Gasteiger partial charge is 0.125 e. The van der Waals surface area contributed by atoms with E-state index in [2.05, 4.69) is 4.72 Å². The summed E-state index contributed by atoms with van der Waals surface area (Å²) in [4.78, 5) is 0.805. The van der Waals surface area contributed by atoms with E-state index in [-0.39, 0.29) is 0 Å². The van der Waals surface area contributed by atoms with Crippen molar-refractivity contribution in [1.82, 2.24) is 4.72 Å². The zero-order valence-corrected chi connectivity index (χ0v) is 10.1. The molecule has 2 rings (SSSR count). The molecule has 0 amide bonds. The SMILES string of the molecule is Nc1ccc(S(=O)NC2CCCCC2)cc1. The largest absolute Gasteiger partial charge is 0.399 e. The number of nitrogens with one attached hydrogen (secondary N) is 1. The van der Waals surface area contributed by atoms with Crippen molar-refractivity contribution >= 4 is 16.7 Å². The van der Waals surface area contributed by atoms with Crippen LogP contribution in [0.4, 0.5) is 5.69 Å². The zero-order chi connectivity index (χ0) is 11.4. The molecule has 16 heavy (non-hydrogen) atoms. The van der Waals surface area contributed by atoms with Crippen LogP contribution in [-0.4, -0.2) is 10.3 Å². The predicted octanol–water partition coefficient (Wildman–Crippen LogP) is 2.21. The fraction of sp³-hybridized carbons (Fsp3) is 0.500. The number of rotatable bonds is 3. The van der Waals surface area contributed by atoms with Gasteiger partial charge >= 0.3 is 0 Å². The van der Waals surface area contributed by atoms with Crippen LogP contribution in [0.2, 0.25) is 0 Å². The van der Waals surface area contributed by atoms with E-state index in [4.69, 9.17) is 5.73 Å². The van der Waals surface area contributed by atoms with Crippen LogP contribution >= 0.6 is 0 Å². The summed E-state index contributed by atoms with van der Waals surface area (Å²) in [6.45, 7) is 0. The van der Waals surface area contributed by atoms with Gasteiger partial charge in [-0.1, -0.05) is 19.3 Å². The molecule has 1 aromatic carbocycles. The molecule has 0 aliphatic heterocycles. The van der Waals surface area contributed by atoms with Crippen LogP contribution in [0.3, 0.4) is 0 Å². The Hall–Kier alpha value is -0.870. The third-order valence-electron chi connectivity index (χ3n) is 2.97. The summed E-state index contributed by atoms with van der Waals surface area (Å²) in [5.41, 5.74) is 6.30. The summed E-state index contributed by atoms with van der Waals surface area (Å²) in [5, 5.41) is 0. The van der Waals surface area contributed by atoms with Gasteiger partial charge in [-0.3, -0.25) is 0 Å². The number of nitrogen functional groups attached to an aromatic ring is 1. The second-order valence-corrected chi connectivity index (χ2v) is 5.54. The Labute approximate surface area is 99.0 Å². The minimum absolute atomic E-state index is 0.409. The van der Waals surface area contributed by atoms with Gasteiger partial charge in [0.25, 0.3) is 0 Å². The van der Waals surface area contributed by atoms with Crippen LogP contribution < -0.4 is 10.5 Å². The average molecular weight is 238 g/mol. The van der Waals surface area contributed by atoms with Crippen molar-refractivity contribution in [2.24, 2.45) is 0 Å². The Bertz CT molecular complexity index is 358. The molecule has 1 saturated carbocycles. The second-order valence-electron chi connectivity index (χ2n) is 4.29. The van der Waals surface area contributed by atoms with Crippen LogP contribution in [-0.2, 0) is 11.0 Å². The molecular formula is C12H18N2OS. The van der Waals surface area contributed by atoms with E-state index in [1.54, 1.807) is 12.1 Å². The Kier molecular flexibility index (Phi) is 3.96. The van der Waals surface area contributed by atoms with Crippen LogP contribution in [0, 0.1) is 0 Å². The maximum Gasteiger partial charge on any atom is 0.125 e. The fourth-order valence-electron chi connectivity index (χ4n) is 2.03. The Morgan fingerprint density at radius 1 is 1.12 bits per heavy atom. The van der Waals surface area contributed by atoms with Crippen LogP contribution in [0.15, 0.2) is 29.2 Å². The molecule has 0 spiro atoms. The van der Waals surface area contributed by atoms with Crippen LogP contribution in [0.5, 0.6) is 0 Å². The van der Waals surface area contributed by atoms with E-state index in [0.717, 1.165) is 17.7 Å². The van der Waals surface area contributed by atoms with E-state index >= 15 is 0 Å². The van der Waals surface area contributed by atoms with Crippen molar-refractivity contribution in [3.8, 4) is 0 Å². The lowest BCUT2D eigenvalue weighted by molar-refractivity contribution is 0.419. The van der Waals surface area contributed by atoms with Gasteiger partial charge < -0.3 is 5.73 Å². The average Bonchev–Trinajstić information content (AvgIpc) is 2.31. The highest BCUT2D eigenvalue weighted by Crippen LogP contribution is 2.19. The first-order valence-corrected chi connectivity index (χ1v) is 6.94. The summed E-state index contributed by atoms with van der Waals surface area (Å²) in [5.74, 6) is 0. The quantitative estimate of drug-likeness (QED) is 0.793. The maximum atomic E-state index is 12.0. The monoisotopic (exact) mass is 238 g/mol. The van der Waals surface area contributed by atoms with Gasteiger partial charge in [0, 0.05) is 11.7 Å². The lowest BCUT2D eigenvalue weighted by Crippen LogP contribution is -2.32. The van der Waals surface area contributed by atoms with Crippen molar-refractivity contribution < 1.29 is 4.21 Å². The van der Waals surface area contributed by atoms with Crippen molar-refractivity contribution in [3.05, 3.63) is 24.3 Å². The molecule has 0 saturated heterocycles. The highest BCUT2D eigenvalue weighted by molar-refractivity contribution is 7.83. The Morgan fingerprint density at radius 2 is 1.75 bits per heavy atom. The molecule has 0 heterocycles. The topological polar surface area (TPSA) is 55.1 Å². The maximum absolute atomic E-state index is 12.0. The third kappa shape index (κ3) is 3.06. The standard InChI is InChI=1S/C12H18N2OS/c13-10-6-8-12(9-7-10)16(15)14-11-4-2-1-3-5-11/h6-9,11,14H,1-5,13H2. The summed E-state index contributed by atoms with van der Waals surface area (Å²) in [6, 6.07) is 7.63. The Morgan fingerprint density at radius 3 is 2.38 bits per heavy atom. The molecule has 1 aliphatic rings. The minimum Gasteiger partial charge on any atom is -0.399 e. The first kappa shape index (κ1) is 11.6. The Balaban J connectivity index is 1.94. The normalized spacial score (nSPS) is 19.5. The second kappa shape index (κ2) is 5.46. The number of nitrogens with two attached hydrogens (primary N) is 1.